The number of nitrogens with one attached hydrogen (secondary N) is 1. The maximum absolute atomic E-state index is 13.8. The predicted molar refractivity (Wildman–Crippen MR) is 132 cm³/mol. The van der Waals surface area contributed by atoms with Gasteiger partial charge in [0.2, 0.25) is 5.91 Å². The number of benzene rings is 2. The number of aliphatic imine (C=N–C) groups is 2. The first kappa shape index (κ1) is 23.6. The summed E-state index contributed by atoms with van der Waals surface area (Å²) in [5, 5.41) is 2.95. The number of nitrogens with zero attached hydrogens (tertiary/aromatic N) is 3. The van der Waals surface area contributed by atoms with Crippen molar-refractivity contribution in [1.82, 2.24) is 10.2 Å². The lowest BCUT2D eigenvalue weighted by Crippen LogP contribution is -2.39. The molecule has 37 heavy (non-hydrogen) atoms. The molecule has 3 aliphatic heterocycles. The first-order valence-corrected chi connectivity index (χ1v) is 12.2. The summed E-state index contributed by atoms with van der Waals surface area (Å²) in [6, 6.07) is 11.0. The third kappa shape index (κ3) is 3.62. The summed E-state index contributed by atoms with van der Waals surface area (Å²) in [5.41, 5.74) is 0.146. The molecule has 1 unspecified atom stereocenters. The average molecular weight is 507 g/mol. The first-order valence-electron chi connectivity index (χ1n) is 12.2. The number of carbonyl (C=O) groups excluding carboxylic acids is 2. The number of alkyl halides is 3. The highest BCUT2D eigenvalue weighted by Gasteiger charge is 2.56. The summed E-state index contributed by atoms with van der Waals surface area (Å²) in [7, 11) is 0. The fourth-order valence-electron chi connectivity index (χ4n) is 6.06. The van der Waals surface area contributed by atoms with E-state index in [2.05, 4.69) is 15.3 Å². The molecular formula is C28H25F3N4O2. The smallest absolute Gasteiger partial charge is 0.313 e. The van der Waals surface area contributed by atoms with E-state index < -0.39 is 22.7 Å². The van der Waals surface area contributed by atoms with Crippen LogP contribution in [0.5, 0.6) is 0 Å². The van der Waals surface area contributed by atoms with Crippen molar-refractivity contribution < 1.29 is 22.8 Å². The summed E-state index contributed by atoms with van der Waals surface area (Å²) in [6.45, 7) is 3.29. The summed E-state index contributed by atoms with van der Waals surface area (Å²) in [4.78, 5) is 36.4. The van der Waals surface area contributed by atoms with Gasteiger partial charge < -0.3 is 5.32 Å². The zero-order valence-electron chi connectivity index (χ0n) is 20.4. The molecule has 4 aliphatic rings. The Morgan fingerprint density at radius 3 is 2.62 bits per heavy atom. The molecular weight excluding hydrogens is 481 g/mol. The van der Waals surface area contributed by atoms with Gasteiger partial charge in [-0.05, 0) is 55.9 Å². The Hall–Kier alpha value is -3.75. The van der Waals surface area contributed by atoms with Gasteiger partial charge >= 0.3 is 6.18 Å². The van der Waals surface area contributed by atoms with Crippen molar-refractivity contribution in [3.8, 4) is 0 Å². The second-order valence-electron chi connectivity index (χ2n) is 10.7. The van der Waals surface area contributed by atoms with Crippen molar-refractivity contribution in [2.24, 2.45) is 21.3 Å². The molecule has 3 heterocycles. The largest absolute Gasteiger partial charge is 0.417 e. The van der Waals surface area contributed by atoms with Gasteiger partial charge in [-0.1, -0.05) is 42.5 Å². The minimum Gasteiger partial charge on any atom is -0.313 e. The molecule has 0 saturated carbocycles. The Morgan fingerprint density at radius 1 is 1.08 bits per heavy atom. The number of halogens is 3. The molecule has 0 radical (unpaired) electrons. The maximum Gasteiger partial charge on any atom is 0.417 e. The monoisotopic (exact) mass is 506 g/mol. The van der Waals surface area contributed by atoms with Gasteiger partial charge in [-0.3, -0.25) is 19.5 Å². The molecule has 2 amide bonds. The normalized spacial score (nSPS) is 25.8. The number of amides is 2. The van der Waals surface area contributed by atoms with Crippen LogP contribution in [0.25, 0.3) is 0 Å². The van der Waals surface area contributed by atoms with E-state index in [4.69, 9.17) is 0 Å². The maximum atomic E-state index is 13.8. The molecule has 1 saturated heterocycles. The average Bonchev–Trinajstić information content (AvgIpc) is 3.44. The van der Waals surface area contributed by atoms with Gasteiger partial charge in [0.15, 0.2) is 0 Å². The number of carbonyl (C=O) groups is 2. The van der Waals surface area contributed by atoms with Crippen LogP contribution in [0.15, 0.2) is 64.7 Å². The van der Waals surface area contributed by atoms with Gasteiger partial charge in [0, 0.05) is 17.7 Å². The van der Waals surface area contributed by atoms with Crippen LogP contribution in [0.2, 0.25) is 0 Å². The highest BCUT2D eigenvalue weighted by Crippen LogP contribution is 2.48. The van der Waals surface area contributed by atoms with Crippen molar-refractivity contribution in [2.75, 3.05) is 0 Å². The van der Waals surface area contributed by atoms with Crippen molar-refractivity contribution >= 4 is 23.5 Å². The van der Waals surface area contributed by atoms with Crippen molar-refractivity contribution in [3.05, 3.63) is 82.6 Å². The van der Waals surface area contributed by atoms with E-state index >= 15 is 0 Å². The third-order valence-electron chi connectivity index (χ3n) is 7.89. The molecule has 0 bridgehead atoms. The van der Waals surface area contributed by atoms with Crippen LogP contribution in [0.1, 0.15) is 48.1 Å². The third-order valence-corrected chi connectivity index (χ3v) is 7.89. The summed E-state index contributed by atoms with van der Waals surface area (Å²) >= 11 is 0. The number of allylic oxidation sites excluding steroid dienone is 1. The SMILES string of the molecule is CC1(C)N=C(c2ccccc2C(F)(F)F)N(Cc2ccc3c(c2)C[C@@]2(C3)C(=O)NC3=NC=CCC32)C1=O. The number of fused-ring (bicyclic) bond motifs is 3. The number of amidine groups is 2. The molecule has 6 nitrogen and oxygen atoms in total. The molecule has 2 aromatic rings. The standard InChI is InChI=1S/C28H25F3N4O2/c1-26(2)25(37)35(23(34-26)19-6-3-4-7-20(19)28(29,30)31)15-16-9-10-17-13-27(14-18(17)12-16)21-8-5-11-32-22(21)33-24(27)36/h3-7,9-12,21H,8,13-15H2,1-2H3,(H,32,33,36)/t21?,27-/m1/s1. The van der Waals surface area contributed by atoms with E-state index in [0.717, 1.165) is 35.0 Å². The summed E-state index contributed by atoms with van der Waals surface area (Å²) < 4.78 is 41.4. The lowest BCUT2D eigenvalue weighted by molar-refractivity contribution is -0.138. The highest BCUT2D eigenvalue weighted by atomic mass is 19.4. The lowest BCUT2D eigenvalue weighted by atomic mass is 9.72. The number of rotatable bonds is 3. The van der Waals surface area contributed by atoms with Gasteiger partial charge in [0.25, 0.3) is 5.91 Å². The molecule has 9 heteroatoms. The minimum absolute atomic E-state index is 0.000541. The Balaban J connectivity index is 1.32. The molecule has 190 valence electrons. The first-order chi connectivity index (χ1) is 17.5. The molecule has 6 rings (SSSR count). The Labute approximate surface area is 212 Å². The van der Waals surface area contributed by atoms with Crippen molar-refractivity contribution in [2.45, 2.75) is 51.4 Å². The van der Waals surface area contributed by atoms with Gasteiger partial charge in [-0.25, -0.2) is 4.99 Å². The van der Waals surface area contributed by atoms with Crippen LogP contribution < -0.4 is 5.32 Å². The molecule has 1 fully saturated rings. The van der Waals surface area contributed by atoms with E-state index in [1.807, 2.05) is 24.3 Å². The number of hydrogen-bond acceptors (Lipinski definition) is 4. The van der Waals surface area contributed by atoms with E-state index in [1.54, 1.807) is 20.0 Å². The molecule has 2 atom stereocenters. The van der Waals surface area contributed by atoms with Gasteiger partial charge in [-0.2, -0.15) is 13.2 Å². The van der Waals surface area contributed by atoms with E-state index in [0.29, 0.717) is 12.8 Å². The van der Waals surface area contributed by atoms with Gasteiger partial charge in [-0.15, -0.1) is 0 Å². The van der Waals surface area contributed by atoms with Gasteiger partial charge in [0.05, 0.1) is 17.5 Å². The summed E-state index contributed by atoms with van der Waals surface area (Å²) in [5.74, 6) is 0.354. The van der Waals surface area contributed by atoms with Crippen molar-refractivity contribution in [1.29, 1.82) is 0 Å². The Bertz CT molecular complexity index is 1440. The molecule has 1 aliphatic carbocycles. The molecule has 1 spiro atoms. The van der Waals surface area contributed by atoms with Crippen LogP contribution >= 0.6 is 0 Å². The van der Waals surface area contributed by atoms with Crippen LogP contribution in [-0.2, 0) is 35.2 Å². The fraction of sp³-hybridized carbons (Fsp3) is 0.357. The predicted octanol–water partition coefficient (Wildman–Crippen LogP) is 4.42. The highest BCUT2D eigenvalue weighted by molar-refractivity contribution is 6.15. The van der Waals surface area contributed by atoms with E-state index in [1.165, 1.54) is 23.1 Å². The lowest BCUT2D eigenvalue weighted by Gasteiger charge is -2.27. The fourth-order valence-corrected chi connectivity index (χ4v) is 6.06. The Kier molecular flexibility index (Phi) is 5.03. The zero-order valence-corrected chi connectivity index (χ0v) is 20.4. The van der Waals surface area contributed by atoms with Crippen LogP contribution in [0.4, 0.5) is 13.2 Å². The van der Waals surface area contributed by atoms with Gasteiger partial charge in [0.1, 0.15) is 17.2 Å². The molecule has 0 aromatic heterocycles. The van der Waals surface area contributed by atoms with Crippen LogP contribution in [-0.4, -0.2) is 33.9 Å². The number of hydrogen-bond donors (Lipinski definition) is 1. The zero-order chi connectivity index (χ0) is 26.2. The van der Waals surface area contributed by atoms with Crippen molar-refractivity contribution in [3.63, 3.8) is 0 Å². The van der Waals surface area contributed by atoms with Crippen LogP contribution in [0, 0.1) is 11.3 Å². The van der Waals surface area contributed by atoms with Crippen LogP contribution in [0.3, 0.4) is 0 Å². The second-order valence-corrected chi connectivity index (χ2v) is 10.7. The topological polar surface area (TPSA) is 74.1 Å². The van der Waals surface area contributed by atoms with E-state index in [9.17, 15) is 22.8 Å². The Morgan fingerprint density at radius 2 is 1.84 bits per heavy atom. The van der Waals surface area contributed by atoms with E-state index in [-0.39, 0.29) is 35.7 Å². The minimum atomic E-state index is -4.58. The molecule has 1 N–H and O–H groups in total. The quantitative estimate of drug-likeness (QED) is 0.670. The summed E-state index contributed by atoms with van der Waals surface area (Å²) in [6.07, 6.45) is 1.01. The second kappa shape index (κ2) is 7.87. The molecule has 2 aromatic carbocycles.